The van der Waals surface area contributed by atoms with Crippen LogP contribution in [0.3, 0.4) is 0 Å². The molecule has 0 saturated carbocycles. The van der Waals surface area contributed by atoms with E-state index in [4.69, 9.17) is 9.15 Å². The Hall–Kier alpha value is -2.89. The van der Waals surface area contributed by atoms with E-state index in [2.05, 4.69) is 29.6 Å². The standard InChI is InChI=1S/C24H28N2O3/c1-28-16-14-26(18-22-13-8-15-29-22)19-24(27)25-23(21-11-6-3-7-12-21)17-20-9-4-2-5-10-20/h2-13,15,23H,14,16-19H2,1H3,(H,25,27). The molecule has 0 aliphatic carbocycles. The van der Waals surface area contributed by atoms with Gasteiger partial charge in [0.05, 0.1) is 32.0 Å². The fourth-order valence-electron chi connectivity index (χ4n) is 3.29. The number of ether oxygens (including phenoxy) is 1. The molecule has 5 heteroatoms. The largest absolute Gasteiger partial charge is 0.468 e. The van der Waals surface area contributed by atoms with Crippen molar-refractivity contribution in [2.75, 3.05) is 26.8 Å². The van der Waals surface area contributed by atoms with E-state index in [1.54, 1.807) is 13.4 Å². The lowest BCUT2D eigenvalue weighted by atomic mass is 9.99. The Morgan fingerprint density at radius 1 is 1.03 bits per heavy atom. The zero-order valence-corrected chi connectivity index (χ0v) is 16.8. The summed E-state index contributed by atoms with van der Waals surface area (Å²) in [6.07, 6.45) is 2.39. The molecule has 0 fully saturated rings. The Balaban J connectivity index is 1.67. The van der Waals surface area contributed by atoms with Gasteiger partial charge in [0.15, 0.2) is 0 Å². The van der Waals surface area contributed by atoms with Gasteiger partial charge in [-0.2, -0.15) is 0 Å². The van der Waals surface area contributed by atoms with Crippen LogP contribution in [-0.2, 0) is 22.5 Å². The Morgan fingerprint density at radius 3 is 2.41 bits per heavy atom. The highest BCUT2D eigenvalue weighted by molar-refractivity contribution is 5.78. The van der Waals surface area contributed by atoms with E-state index in [0.29, 0.717) is 19.7 Å². The molecule has 2 aromatic carbocycles. The monoisotopic (exact) mass is 392 g/mol. The molecule has 5 nitrogen and oxygen atoms in total. The zero-order valence-electron chi connectivity index (χ0n) is 16.8. The van der Waals surface area contributed by atoms with Crippen molar-refractivity contribution in [3.05, 3.63) is 95.9 Å². The summed E-state index contributed by atoms with van der Waals surface area (Å²) in [5.41, 5.74) is 2.28. The van der Waals surface area contributed by atoms with Crippen LogP contribution in [0.5, 0.6) is 0 Å². The van der Waals surface area contributed by atoms with Gasteiger partial charge in [-0.3, -0.25) is 9.69 Å². The quantitative estimate of drug-likeness (QED) is 0.539. The van der Waals surface area contributed by atoms with Crippen LogP contribution in [0.25, 0.3) is 0 Å². The van der Waals surface area contributed by atoms with E-state index in [9.17, 15) is 4.79 Å². The molecule has 29 heavy (non-hydrogen) atoms. The van der Waals surface area contributed by atoms with E-state index < -0.39 is 0 Å². The van der Waals surface area contributed by atoms with Crippen LogP contribution in [0.2, 0.25) is 0 Å². The van der Waals surface area contributed by atoms with Crippen molar-refractivity contribution in [1.29, 1.82) is 0 Å². The molecule has 0 aliphatic rings. The summed E-state index contributed by atoms with van der Waals surface area (Å²) in [6, 6.07) is 24.0. The van der Waals surface area contributed by atoms with E-state index in [1.165, 1.54) is 5.56 Å². The van der Waals surface area contributed by atoms with Crippen molar-refractivity contribution in [3.63, 3.8) is 0 Å². The third kappa shape index (κ3) is 6.89. The molecule has 1 aromatic heterocycles. The predicted molar refractivity (Wildman–Crippen MR) is 113 cm³/mol. The SMILES string of the molecule is COCCN(CC(=O)NC(Cc1ccccc1)c1ccccc1)Cc1ccco1. The second-order valence-electron chi connectivity index (χ2n) is 7.00. The summed E-state index contributed by atoms with van der Waals surface area (Å²) in [5.74, 6) is 0.815. The van der Waals surface area contributed by atoms with Crippen molar-refractivity contribution in [1.82, 2.24) is 10.2 Å². The number of rotatable bonds is 11. The number of carbonyl (C=O) groups is 1. The van der Waals surface area contributed by atoms with Crippen molar-refractivity contribution in [3.8, 4) is 0 Å². The molecule has 1 unspecified atom stereocenters. The molecule has 1 atom stereocenters. The Kier molecular flexibility index (Phi) is 8.04. The van der Waals surface area contributed by atoms with Gasteiger partial charge in [0.1, 0.15) is 5.76 Å². The predicted octanol–water partition coefficient (Wildman–Crippen LogP) is 3.83. The lowest BCUT2D eigenvalue weighted by Gasteiger charge is -2.24. The Bertz CT molecular complexity index is 835. The number of furan rings is 1. The van der Waals surface area contributed by atoms with Crippen LogP contribution in [0, 0.1) is 0 Å². The van der Waals surface area contributed by atoms with Gasteiger partial charge in [-0.05, 0) is 29.7 Å². The summed E-state index contributed by atoms with van der Waals surface area (Å²) in [5, 5.41) is 3.22. The van der Waals surface area contributed by atoms with Crippen LogP contribution < -0.4 is 5.32 Å². The Labute approximate surface area is 172 Å². The van der Waals surface area contributed by atoms with Gasteiger partial charge in [-0.25, -0.2) is 0 Å². The maximum absolute atomic E-state index is 12.9. The molecular formula is C24H28N2O3. The molecular weight excluding hydrogens is 364 g/mol. The molecule has 0 spiro atoms. The normalized spacial score (nSPS) is 12.1. The van der Waals surface area contributed by atoms with Crippen LogP contribution in [-0.4, -0.2) is 37.6 Å². The Morgan fingerprint density at radius 2 is 1.76 bits per heavy atom. The smallest absolute Gasteiger partial charge is 0.234 e. The molecule has 152 valence electrons. The van der Waals surface area contributed by atoms with Gasteiger partial charge in [-0.1, -0.05) is 60.7 Å². The molecule has 0 radical (unpaired) electrons. The zero-order chi connectivity index (χ0) is 20.3. The van der Waals surface area contributed by atoms with Crippen molar-refractivity contribution < 1.29 is 13.9 Å². The third-order valence-electron chi connectivity index (χ3n) is 4.76. The van der Waals surface area contributed by atoms with E-state index in [0.717, 1.165) is 17.7 Å². The number of carbonyl (C=O) groups excluding carboxylic acids is 1. The molecule has 3 rings (SSSR count). The highest BCUT2D eigenvalue weighted by Crippen LogP contribution is 2.18. The van der Waals surface area contributed by atoms with E-state index in [1.807, 2.05) is 53.4 Å². The average Bonchev–Trinajstić information content (AvgIpc) is 3.26. The number of amides is 1. The van der Waals surface area contributed by atoms with Gasteiger partial charge in [-0.15, -0.1) is 0 Å². The van der Waals surface area contributed by atoms with Gasteiger partial charge in [0.2, 0.25) is 5.91 Å². The number of hydrogen-bond acceptors (Lipinski definition) is 4. The van der Waals surface area contributed by atoms with Crippen molar-refractivity contribution in [2.24, 2.45) is 0 Å². The number of nitrogens with zero attached hydrogens (tertiary/aromatic N) is 1. The number of benzene rings is 2. The number of hydrogen-bond donors (Lipinski definition) is 1. The summed E-state index contributed by atoms with van der Waals surface area (Å²) < 4.78 is 10.6. The fraction of sp³-hybridized carbons (Fsp3) is 0.292. The van der Waals surface area contributed by atoms with Gasteiger partial charge in [0.25, 0.3) is 0 Å². The summed E-state index contributed by atoms with van der Waals surface area (Å²) in [4.78, 5) is 14.9. The van der Waals surface area contributed by atoms with Crippen LogP contribution in [0.15, 0.2) is 83.5 Å². The van der Waals surface area contributed by atoms with Gasteiger partial charge < -0.3 is 14.5 Å². The van der Waals surface area contributed by atoms with Crippen LogP contribution in [0.4, 0.5) is 0 Å². The second kappa shape index (κ2) is 11.2. The molecule has 1 heterocycles. The van der Waals surface area contributed by atoms with Crippen LogP contribution in [0.1, 0.15) is 22.9 Å². The molecule has 0 aliphatic heterocycles. The lowest BCUT2D eigenvalue weighted by Crippen LogP contribution is -2.40. The maximum Gasteiger partial charge on any atom is 0.234 e. The fourth-order valence-corrected chi connectivity index (χ4v) is 3.29. The van der Waals surface area contributed by atoms with Gasteiger partial charge in [0, 0.05) is 13.7 Å². The highest BCUT2D eigenvalue weighted by Gasteiger charge is 2.18. The molecule has 0 saturated heterocycles. The maximum atomic E-state index is 12.9. The molecule has 1 amide bonds. The summed E-state index contributed by atoms with van der Waals surface area (Å²) >= 11 is 0. The summed E-state index contributed by atoms with van der Waals surface area (Å²) in [6.45, 7) is 2.06. The minimum absolute atomic E-state index is 0.0163. The molecule has 0 bridgehead atoms. The minimum Gasteiger partial charge on any atom is -0.468 e. The topological polar surface area (TPSA) is 54.7 Å². The average molecular weight is 392 g/mol. The second-order valence-corrected chi connectivity index (χ2v) is 7.00. The lowest BCUT2D eigenvalue weighted by molar-refractivity contribution is -0.123. The first-order valence-electron chi connectivity index (χ1n) is 9.86. The third-order valence-corrected chi connectivity index (χ3v) is 4.76. The first-order chi connectivity index (χ1) is 14.2. The van der Waals surface area contributed by atoms with Crippen molar-refractivity contribution >= 4 is 5.91 Å². The number of methoxy groups -OCH3 is 1. The van der Waals surface area contributed by atoms with Crippen molar-refractivity contribution in [2.45, 2.75) is 19.0 Å². The van der Waals surface area contributed by atoms with Crippen LogP contribution >= 0.6 is 0 Å². The van der Waals surface area contributed by atoms with Gasteiger partial charge >= 0.3 is 0 Å². The van der Waals surface area contributed by atoms with E-state index >= 15 is 0 Å². The summed E-state index contributed by atoms with van der Waals surface area (Å²) in [7, 11) is 1.66. The highest BCUT2D eigenvalue weighted by atomic mass is 16.5. The minimum atomic E-state index is -0.0843. The molecule has 3 aromatic rings. The van der Waals surface area contributed by atoms with E-state index in [-0.39, 0.29) is 18.5 Å². The molecule has 1 N–H and O–H groups in total. The number of nitrogens with one attached hydrogen (secondary N) is 1. The first kappa shape index (κ1) is 20.8. The first-order valence-corrected chi connectivity index (χ1v) is 9.86.